The summed E-state index contributed by atoms with van der Waals surface area (Å²) < 4.78 is 0. The molecule has 1 aromatic rings. The van der Waals surface area contributed by atoms with E-state index in [1.54, 1.807) is 24.3 Å². The number of allylic oxidation sites excluding steroid dienone is 1. The number of hydrogen-bond donors (Lipinski definition) is 4. The van der Waals surface area contributed by atoms with Gasteiger partial charge in [0, 0.05) is 43.0 Å². The van der Waals surface area contributed by atoms with Gasteiger partial charge in [-0.3, -0.25) is 4.90 Å². The predicted octanol–water partition coefficient (Wildman–Crippen LogP) is 1.19. The first-order chi connectivity index (χ1) is 11.3. The van der Waals surface area contributed by atoms with Crippen LogP contribution >= 0.6 is 0 Å². The fourth-order valence-electron chi connectivity index (χ4n) is 3.26. The summed E-state index contributed by atoms with van der Waals surface area (Å²) in [5.74, 6) is 0.373. The highest BCUT2D eigenvalue weighted by Crippen LogP contribution is 2.24. The molecular weight excluding hydrogens is 302 g/mol. The van der Waals surface area contributed by atoms with Gasteiger partial charge in [0.1, 0.15) is 11.6 Å². The van der Waals surface area contributed by atoms with Gasteiger partial charge >= 0.3 is 0 Å². The Morgan fingerprint density at radius 2 is 1.88 bits per heavy atom. The normalized spacial score (nSPS) is 19.6. The van der Waals surface area contributed by atoms with Crippen LogP contribution in [-0.4, -0.2) is 46.6 Å². The number of phenolic OH excluding ortho intramolecular Hbond substituents is 1. The maximum absolute atomic E-state index is 9.96. The maximum atomic E-state index is 9.96. The summed E-state index contributed by atoms with van der Waals surface area (Å²) in [4.78, 5) is 4.61. The molecule has 0 radical (unpaired) electrons. The highest BCUT2D eigenvalue weighted by atomic mass is 16.3. The molecule has 0 aromatic heterocycles. The van der Waals surface area contributed by atoms with Crippen LogP contribution in [0.25, 0.3) is 5.70 Å². The SMILES string of the molecule is CC(C)N1CCN(C(/C=C(\N)c2ccccc2O)=C(N)N)CC1C. The van der Waals surface area contributed by atoms with Crippen LogP contribution in [0.4, 0.5) is 0 Å². The third-order valence-electron chi connectivity index (χ3n) is 4.49. The smallest absolute Gasteiger partial charge is 0.124 e. The van der Waals surface area contributed by atoms with E-state index in [2.05, 4.69) is 30.6 Å². The van der Waals surface area contributed by atoms with Gasteiger partial charge in [-0.25, -0.2) is 0 Å². The van der Waals surface area contributed by atoms with E-state index >= 15 is 0 Å². The van der Waals surface area contributed by atoms with Gasteiger partial charge in [-0.2, -0.15) is 0 Å². The lowest BCUT2D eigenvalue weighted by molar-refractivity contribution is 0.0789. The van der Waals surface area contributed by atoms with E-state index in [1.165, 1.54) is 0 Å². The fourth-order valence-corrected chi connectivity index (χ4v) is 3.26. The first-order valence-electron chi connectivity index (χ1n) is 8.32. The Morgan fingerprint density at radius 3 is 2.42 bits per heavy atom. The third kappa shape index (κ3) is 3.94. The molecule has 1 aliphatic rings. The quantitative estimate of drug-likeness (QED) is 0.618. The molecule has 1 atom stereocenters. The number of rotatable bonds is 4. The minimum Gasteiger partial charge on any atom is -0.507 e. The number of nitrogens with two attached hydrogens (primary N) is 3. The van der Waals surface area contributed by atoms with E-state index in [0.717, 1.165) is 19.6 Å². The zero-order valence-corrected chi connectivity index (χ0v) is 14.7. The van der Waals surface area contributed by atoms with Gasteiger partial charge in [0.2, 0.25) is 0 Å². The third-order valence-corrected chi connectivity index (χ3v) is 4.49. The van der Waals surface area contributed by atoms with Gasteiger partial charge in [-0.05, 0) is 39.0 Å². The number of nitrogens with zero attached hydrogens (tertiary/aromatic N) is 2. The maximum Gasteiger partial charge on any atom is 0.124 e. The summed E-state index contributed by atoms with van der Waals surface area (Å²) in [5, 5.41) is 9.96. The summed E-state index contributed by atoms with van der Waals surface area (Å²) in [6, 6.07) is 7.86. The molecule has 1 saturated heterocycles. The lowest BCUT2D eigenvalue weighted by atomic mass is 10.1. The monoisotopic (exact) mass is 331 g/mol. The molecular formula is C18H29N5O. The van der Waals surface area contributed by atoms with Crippen LogP contribution in [0.2, 0.25) is 0 Å². The molecule has 6 heteroatoms. The Labute approximate surface area is 144 Å². The van der Waals surface area contributed by atoms with Gasteiger partial charge in [0.15, 0.2) is 0 Å². The second-order valence-corrected chi connectivity index (χ2v) is 6.58. The highest BCUT2D eigenvalue weighted by Gasteiger charge is 2.26. The predicted molar refractivity (Wildman–Crippen MR) is 98.5 cm³/mol. The van der Waals surface area contributed by atoms with Crippen molar-refractivity contribution in [3.05, 3.63) is 47.4 Å². The summed E-state index contributed by atoms with van der Waals surface area (Å²) in [6.07, 6.45) is 1.75. The van der Waals surface area contributed by atoms with Crippen molar-refractivity contribution in [1.82, 2.24) is 9.80 Å². The van der Waals surface area contributed by atoms with Crippen LogP contribution < -0.4 is 17.2 Å². The van der Waals surface area contributed by atoms with E-state index in [4.69, 9.17) is 17.2 Å². The molecule has 7 N–H and O–H groups in total. The second-order valence-electron chi connectivity index (χ2n) is 6.58. The topological polar surface area (TPSA) is 105 Å². The Bertz CT molecular complexity index is 634. The van der Waals surface area contributed by atoms with Crippen molar-refractivity contribution in [2.45, 2.75) is 32.9 Å². The van der Waals surface area contributed by atoms with E-state index in [1.807, 2.05) is 6.07 Å². The van der Waals surface area contributed by atoms with Gasteiger partial charge in [-0.1, -0.05) is 12.1 Å². The number of para-hydroxylation sites is 1. The van der Waals surface area contributed by atoms with Crippen molar-refractivity contribution < 1.29 is 5.11 Å². The lowest BCUT2D eigenvalue weighted by Gasteiger charge is -2.43. The van der Waals surface area contributed by atoms with Crippen molar-refractivity contribution >= 4 is 5.70 Å². The van der Waals surface area contributed by atoms with E-state index in [0.29, 0.717) is 29.0 Å². The Hall–Kier alpha value is -2.34. The molecule has 1 aliphatic heterocycles. The molecule has 0 spiro atoms. The molecule has 24 heavy (non-hydrogen) atoms. The molecule has 6 nitrogen and oxygen atoms in total. The number of aromatic hydroxyl groups is 1. The van der Waals surface area contributed by atoms with Gasteiger partial charge in [-0.15, -0.1) is 0 Å². The Morgan fingerprint density at radius 1 is 1.21 bits per heavy atom. The van der Waals surface area contributed by atoms with Crippen molar-refractivity contribution in [2.24, 2.45) is 17.2 Å². The molecule has 2 rings (SSSR count). The van der Waals surface area contributed by atoms with E-state index in [-0.39, 0.29) is 11.6 Å². The average Bonchev–Trinajstić information content (AvgIpc) is 2.52. The molecule has 0 bridgehead atoms. The Kier molecular flexibility index (Phi) is 5.62. The summed E-state index contributed by atoms with van der Waals surface area (Å²) in [7, 11) is 0. The highest BCUT2D eigenvalue weighted by molar-refractivity contribution is 5.69. The molecule has 132 valence electrons. The van der Waals surface area contributed by atoms with Crippen molar-refractivity contribution in [1.29, 1.82) is 0 Å². The minimum atomic E-state index is 0.138. The molecule has 1 heterocycles. The van der Waals surface area contributed by atoms with Crippen molar-refractivity contribution in [3.63, 3.8) is 0 Å². The summed E-state index contributed by atoms with van der Waals surface area (Å²) in [6.45, 7) is 9.22. The number of hydrogen-bond acceptors (Lipinski definition) is 6. The van der Waals surface area contributed by atoms with Gasteiger partial charge in [0.25, 0.3) is 0 Å². The number of benzene rings is 1. The molecule has 0 saturated carbocycles. The number of piperazine rings is 1. The van der Waals surface area contributed by atoms with Crippen LogP contribution in [0.3, 0.4) is 0 Å². The van der Waals surface area contributed by atoms with E-state index < -0.39 is 0 Å². The average molecular weight is 331 g/mol. The largest absolute Gasteiger partial charge is 0.507 e. The molecule has 0 amide bonds. The van der Waals surface area contributed by atoms with Crippen LogP contribution in [0, 0.1) is 0 Å². The van der Waals surface area contributed by atoms with Gasteiger partial charge < -0.3 is 27.2 Å². The Balaban J connectivity index is 2.25. The standard InChI is InChI=1S/C18H29N5O/c1-12(2)23-9-8-22(11-13(23)3)16(18(20)21)10-15(19)14-6-4-5-7-17(14)24/h4-7,10,12-13,24H,8-9,11,19-21H2,1-3H3/b15-10-. The van der Waals surface area contributed by atoms with Crippen LogP contribution in [-0.2, 0) is 0 Å². The van der Waals surface area contributed by atoms with Crippen LogP contribution in [0.1, 0.15) is 26.3 Å². The molecule has 1 unspecified atom stereocenters. The second kappa shape index (κ2) is 7.49. The molecule has 0 aliphatic carbocycles. The zero-order valence-electron chi connectivity index (χ0n) is 14.7. The first-order valence-corrected chi connectivity index (χ1v) is 8.32. The van der Waals surface area contributed by atoms with Gasteiger partial charge in [0.05, 0.1) is 5.70 Å². The summed E-state index contributed by atoms with van der Waals surface area (Å²) in [5.41, 5.74) is 19.7. The number of phenols is 1. The fraction of sp³-hybridized carbons (Fsp3) is 0.444. The summed E-state index contributed by atoms with van der Waals surface area (Å²) >= 11 is 0. The van der Waals surface area contributed by atoms with Crippen LogP contribution in [0.5, 0.6) is 5.75 Å². The lowest BCUT2D eigenvalue weighted by Crippen LogP contribution is -2.54. The van der Waals surface area contributed by atoms with Crippen molar-refractivity contribution in [3.8, 4) is 5.75 Å². The first kappa shape index (κ1) is 18.0. The van der Waals surface area contributed by atoms with Crippen molar-refractivity contribution in [2.75, 3.05) is 19.6 Å². The zero-order chi connectivity index (χ0) is 17.9. The van der Waals surface area contributed by atoms with E-state index in [9.17, 15) is 5.11 Å². The molecule has 1 aromatic carbocycles. The minimum absolute atomic E-state index is 0.138. The molecule has 1 fully saturated rings. The van der Waals surface area contributed by atoms with Crippen LogP contribution in [0.15, 0.2) is 41.9 Å².